The van der Waals surface area contributed by atoms with Gasteiger partial charge in [-0.2, -0.15) is 0 Å². The number of aliphatic hydroxyl groups excluding tert-OH is 1. The minimum atomic E-state index is -1.07. The molecule has 154 valence electrons. The van der Waals surface area contributed by atoms with Crippen LogP contribution in [0.2, 0.25) is 0 Å². The van der Waals surface area contributed by atoms with Crippen molar-refractivity contribution < 1.29 is 24.4 Å². The van der Waals surface area contributed by atoms with Gasteiger partial charge in [0, 0.05) is 24.8 Å². The normalized spacial score (nSPS) is 23.1. The highest BCUT2D eigenvalue weighted by molar-refractivity contribution is 6.46. The van der Waals surface area contributed by atoms with Crippen LogP contribution in [0.15, 0.2) is 60.2 Å². The maximum atomic E-state index is 12.9. The Balaban J connectivity index is 1.89. The van der Waals surface area contributed by atoms with Crippen LogP contribution < -0.4 is 0 Å². The lowest BCUT2D eigenvalue weighted by Crippen LogP contribution is -2.36. The van der Waals surface area contributed by atoms with Crippen molar-refractivity contribution in [3.63, 3.8) is 0 Å². The number of hydrogen-bond donors (Lipinski definition) is 1. The van der Waals surface area contributed by atoms with Gasteiger partial charge in [-0.05, 0) is 18.9 Å². The Morgan fingerprint density at radius 1 is 1.13 bits per heavy atom. The number of likely N-dealkylation sites (tertiary alicyclic amines) is 1. The summed E-state index contributed by atoms with van der Waals surface area (Å²) < 4.78 is 5.62. The summed E-state index contributed by atoms with van der Waals surface area (Å²) >= 11 is 0. The molecule has 8 nitrogen and oxygen atoms in total. The molecule has 0 bridgehead atoms. The Morgan fingerprint density at radius 3 is 2.50 bits per heavy atom. The van der Waals surface area contributed by atoms with Crippen molar-refractivity contribution in [2.24, 2.45) is 0 Å². The number of carbonyl (C=O) groups excluding carboxylic acids is 2. The second kappa shape index (κ2) is 8.08. The second-order valence-electron chi connectivity index (χ2n) is 7.27. The molecule has 0 radical (unpaired) electrons. The minimum absolute atomic E-state index is 0.118. The van der Waals surface area contributed by atoms with E-state index in [9.17, 15) is 24.8 Å². The maximum absolute atomic E-state index is 12.9. The highest BCUT2D eigenvalue weighted by atomic mass is 16.6. The van der Waals surface area contributed by atoms with E-state index in [-0.39, 0.29) is 35.2 Å². The number of nitro groups is 1. The molecular formula is C22H20N2O6. The number of aliphatic hydroxyl groups is 1. The summed E-state index contributed by atoms with van der Waals surface area (Å²) in [5.41, 5.74) is 0.160. The number of nitro benzene ring substituents is 1. The lowest BCUT2D eigenvalue weighted by Gasteiger charge is -2.27. The Labute approximate surface area is 172 Å². The number of para-hydroxylation sites is 1. The smallest absolute Gasteiger partial charge is 0.295 e. The average Bonchev–Trinajstić information content (AvgIpc) is 3.36. The van der Waals surface area contributed by atoms with E-state index in [1.165, 1.54) is 23.1 Å². The van der Waals surface area contributed by atoms with E-state index in [1.807, 2.05) is 0 Å². The third-order valence-corrected chi connectivity index (χ3v) is 5.44. The van der Waals surface area contributed by atoms with Crippen LogP contribution in [-0.4, -0.2) is 45.9 Å². The van der Waals surface area contributed by atoms with Crippen LogP contribution in [0.3, 0.4) is 0 Å². The molecule has 0 aromatic heterocycles. The van der Waals surface area contributed by atoms with Crippen LogP contribution in [0, 0.1) is 10.1 Å². The average molecular weight is 408 g/mol. The van der Waals surface area contributed by atoms with Crippen molar-refractivity contribution in [2.75, 3.05) is 13.2 Å². The standard InChI is InChI=1S/C22H20N2O6/c25-20(14-7-2-1-3-8-14)18-19(16-10-4-5-11-17(16)24(28)29)23(22(27)21(18)26)13-15-9-6-12-30-15/h1-5,7-8,10-11,15,19,25H,6,9,12-13H2/b20-18+. The third-order valence-electron chi connectivity index (χ3n) is 5.44. The Morgan fingerprint density at radius 2 is 1.83 bits per heavy atom. The Hall–Kier alpha value is -3.52. The van der Waals surface area contributed by atoms with E-state index in [1.54, 1.807) is 36.4 Å². The van der Waals surface area contributed by atoms with Gasteiger partial charge in [-0.15, -0.1) is 0 Å². The number of ketones is 1. The first-order chi connectivity index (χ1) is 14.5. The van der Waals surface area contributed by atoms with Gasteiger partial charge in [0.2, 0.25) is 0 Å². The maximum Gasteiger partial charge on any atom is 0.295 e. The predicted molar refractivity (Wildman–Crippen MR) is 108 cm³/mol. The number of carbonyl (C=O) groups is 2. The molecule has 2 atom stereocenters. The van der Waals surface area contributed by atoms with E-state index in [4.69, 9.17) is 4.74 Å². The van der Waals surface area contributed by atoms with Gasteiger partial charge in [0.05, 0.1) is 28.2 Å². The zero-order valence-electron chi connectivity index (χ0n) is 16.1. The molecule has 2 aromatic rings. The Bertz CT molecular complexity index is 1030. The highest BCUT2D eigenvalue weighted by Gasteiger charge is 2.48. The molecule has 2 heterocycles. The number of Topliss-reactive ketones (excluding diaryl/α,β-unsaturated/α-hetero) is 1. The predicted octanol–water partition coefficient (Wildman–Crippen LogP) is 3.20. The molecule has 2 aliphatic rings. The van der Waals surface area contributed by atoms with Crippen LogP contribution in [0.5, 0.6) is 0 Å². The van der Waals surface area contributed by atoms with Gasteiger partial charge in [0.25, 0.3) is 17.4 Å². The van der Waals surface area contributed by atoms with Crippen molar-refractivity contribution in [3.05, 3.63) is 81.4 Å². The number of amides is 1. The Kier molecular flexibility index (Phi) is 5.33. The fraction of sp³-hybridized carbons (Fsp3) is 0.273. The van der Waals surface area contributed by atoms with Gasteiger partial charge in [0.15, 0.2) is 0 Å². The van der Waals surface area contributed by atoms with Crippen molar-refractivity contribution in [1.82, 2.24) is 4.90 Å². The second-order valence-corrected chi connectivity index (χ2v) is 7.27. The molecule has 4 rings (SSSR count). The van der Waals surface area contributed by atoms with Crippen molar-refractivity contribution in [2.45, 2.75) is 25.0 Å². The summed E-state index contributed by atoms with van der Waals surface area (Å²) in [6.07, 6.45) is 1.31. The van der Waals surface area contributed by atoms with Crippen LogP contribution in [-0.2, 0) is 14.3 Å². The molecule has 8 heteroatoms. The number of rotatable bonds is 5. The van der Waals surface area contributed by atoms with E-state index in [0.29, 0.717) is 12.2 Å². The van der Waals surface area contributed by atoms with Crippen LogP contribution in [0.25, 0.3) is 5.76 Å². The van der Waals surface area contributed by atoms with Crippen LogP contribution >= 0.6 is 0 Å². The topological polar surface area (TPSA) is 110 Å². The summed E-state index contributed by atoms with van der Waals surface area (Å²) in [7, 11) is 0. The molecule has 1 N–H and O–H groups in total. The molecule has 30 heavy (non-hydrogen) atoms. The molecule has 1 amide bonds. The quantitative estimate of drug-likeness (QED) is 0.267. The lowest BCUT2D eigenvalue weighted by atomic mass is 9.94. The third kappa shape index (κ3) is 3.46. The van der Waals surface area contributed by atoms with Gasteiger partial charge < -0.3 is 14.7 Å². The summed E-state index contributed by atoms with van der Waals surface area (Å²) in [5, 5.41) is 22.6. The van der Waals surface area contributed by atoms with E-state index >= 15 is 0 Å². The van der Waals surface area contributed by atoms with Crippen molar-refractivity contribution >= 4 is 23.1 Å². The first-order valence-corrected chi connectivity index (χ1v) is 9.67. The number of hydrogen-bond acceptors (Lipinski definition) is 6. The van der Waals surface area contributed by atoms with Gasteiger partial charge in [-0.1, -0.05) is 42.5 Å². The molecule has 0 spiro atoms. The van der Waals surface area contributed by atoms with E-state index in [0.717, 1.165) is 12.8 Å². The van der Waals surface area contributed by atoms with Gasteiger partial charge in [-0.25, -0.2) is 0 Å². The fourth-order valence-corrected chi connectivity index (χ4v) is 4.04. The molecule has 2 aromatic carbocycles. The number of nitrogens with zero attached hydrogens (tertiary/aromatic N) is 2. The SMILES string of the molecule is O=C1C(=O)N(CC2CCCO2)C(c2ccccc2[N+](=O)[O-])/C1=C(\O)c1ccccc1. The minimum Gasteiger partial charge on any atom is -0.507 e. The summed E-state index contributed by atoms with van der Waals surface area (Å²) in [6, 6.07) is 13.2. The number of ether oxygens (including phenoxy) is 1. The number of benzene rings is 2. The lowest BCUT2D eigenvalue weighted by molar-refractivity contribution is -0.385. The largest absolute Gasteiger partial charge is 0.507 e. The van der Waals surface area contributed by atoms with Crippen LogP contribution in [0.4, 0.5) is 5.69 Å². The highest BCUT2D eigenvalue weighted by Crippen LogP contribution is 2.42. The molecule has 2 aliphatic heterocycles. The zero-order valence-corrected chi connectivity index (χ0v) is 16.1. The molecule has 2 fully saturated rings. The van der Waals surface area contributed by atoms with E-state index in [2.05, 4.69) is 0 Å². The molecule has 0 aliphatic carbocycles. The zero-order chi connectivity index (χ0) is 21.3. The summed E-state index contributed by atoms with van der Waals surface area (Å²) in [6.45, 7) is 0.682. The molecule has 2 saturated heterocycles. The van der Waals surface area contributed by atoms with Crippen molar-refractivity contribution in [1.29, 1.82) is 0 Å². The van der Waals surface area contributed by atoms with Crippen molar-refractivity contribution in [3.8, 4) is 0 Å². The summed E-state index contributed by atoms with van der Waals surface area (Å²) in [5.74, 6) is -2.02. The van der Waals surface area contributed by atoms with Gasteiger partial charge in [-0.3, -0.25) is 19.7 Å². The molecule has 2 unspecified atom stereocenters. The first kappa shape index (κ1) is 19.8. The molecular weight excluding hydrogens is 388 g/mol. The monoisotopic (exact) mass is 408 g/mol. The summed E-state index contributed by atoms with van der Waals surface area (Å²) in [4.78, 5) is 38.2. The molecule has 0 saturated carbocycles. The fourth-order valence-electron chi connectivity index (χ4n) is 4.04. The van der Waals surface area contributed by atoms with E-state index < -0.39 is 22.7 Å². The van der Waals surface area contributed by atoms with Gasteiger partial charge in [0.1, 0.15) is 5.76 Å². The van der Waals surface area contributed by atoms with Crippen LogP contribution in [0.1, 0.15) is 30.0 Å². The van der Waals surface area contributed by atoms with Gasteiger partial charge >= 0.3 is 0 Å². The first-order valence-electron chi connectivity index (χ1n) is 9.67.